The first-order valence-corrected chi connectivity index (χ1v) is 5.94. The van der Waals surface area contributed by atoms with Crippen LogP contribution in [0, 0.1) is 6.92 Å². The van der Waals surface area contributed by atoms with Crippen LogP contribution < -0.4 is 11.3 Å². The lowest BCUT2D eigenvalue weighted by atomic mass is 10.1. The summed E-state index contributed by atoms with van der Waals surface area (Å²) in [5.74, 6) is 0.581. The quantitative estimate of drug-likeness (QED) is 0.631. The molecule has 96 valence electrons. The number of imidazole rings is 1. The number of benzene rings is 1. The van der Waals surface area contributed by atoms with Crippen LogP contribution in [0.2, 0.25) is 5.02 Å². The zero-order chi connectivity index (χ0) is 13.6. The topological polar surface area (TPSA) is 100 Å². The largest absolute Gasteiger partial charge is 0.369 e. The van der Waals surface area contributed by atoms with E-state index in [2.05, 4.69) is 19.9 Å². The van der Waals surface area contributed by atoms with Crippen LogP contribution in [0.3, 0.4) is 0 Å². The van der Waals surface area contributed by atoms with E-state index in [1.54, 1.807) is 12.1 Å². The Morgan fingerprint density at radius 1 is 1.26 bits per heavy atom. The number of hydrogen-bond donors (Lipinski definition) is 3. The van der Waals surface area contributed by atoms with Crippen molar-refractivity contribution in [3.05, 3.63) is 39.1 Å². The highest BCUT2D eigenvalue weighted by Crippen LogP contribution is 2.25. The first-order valence-electron chi connectivity index (χ1n) is 5.56. The lowest BCUT2D eigenvalue weighted by molar-refractivity contribution is 1.17. The third kappa shape index (κ3) is 1.96. The number of hydrogen-bond acceptors (Lipinski definition) is 4. The van der Waals surface area contributed by atoms with Crippen LogP contribution >= 0.6 is 11.6 Å². The van der Waals surface area contributed by atoms with Crippen LogP contribution in [0.25, 0.3) is 22.6 Å². The summed E-state index contributed by atoms with van der Waals surface area (Å²) in [7, 11) is 0. The average molecular weight is 276 g/mol. The van der Waals surface area contributed by atoms with Gasteiger partial charge in [-0.1, -0.05) is 17.7 Å². The summed E-state index contributed by atoms with van der Waals surface area (Å²) in [6.45, 7) is 1.94. The second-order valence-electron chi connectivity index (χ2n) is 4.19. The van der Waals surface area contributed by atoms with E-state index >= 15 is 0 Å². The maximum Gasteiger partial charge on any atom is 0.278 e. The monoisotopic (exact) mass is 275 g/mol. The van der Waals surface area contributed by atoms with Crippen LogP contribution in [0.15, 0.2) is 23.0 Å². The molecule has 4 N–H and O–H groups in total. The normalized spacial score (nSPS) is 11.1. The summed E-state index contributed by atoms with van der Waals surface area (Å²) in [5, 5.41) is 0.599. The Morgan fingerprint density at radius 2 is 2.05 bits per heavy atom. The molecule has 0 amide bonds. The maximum atomic E-state index is 11.7. The van der Waals surface area contributed by atoms with E-state index in [4.69, 9.17) is 17.3 Å². The molecule has 2 aromatic heterocycles. The zero-order valence-corrected chi connectivity index (χ0v) is 10.7. The number of aromatic amines is 2. The van der Waals surface area contributed by atoms with Gasteiger partial charge in [-0.15, -0.1) is 0 Å². The fourth-order valence-electron chi connectivity index (χ4n) is 1.90. The molecule has 0 spiro atoms. The van der Waals surface area contributed by atoms with Gasteiger partial charge in [-0.25, -0.2) is 4.98 Å². The molecular formula is C12H10ClN5O. The van der Waals surface area contributed by atoms with Crippen molar-refractivity contribution in [2.24, 2.45) is 0 Å². The van der Waals surface area contributed by atoms with E-state index in [0.29, 0.717) is 16.4 Å². The third-order valence-corrected chi connectivity index (χ3v) is 3.07. The molecule has 19 heavy (non-hydrogen) atoms. The fourth-order valence-corrected chi connectivity index (χ4v) is 2.07. The second-order valence-corrected chi connectivity index (χ2v) is 4.63. The molecule has 2 heterocycles. The summed E-state index contributed by atoms with van der Waals surface area (Å²) < 4.78 is 0. The molecule has 0 atom stereocenters. The Labute approximate surface area is 112 Å². The number of nitrogens with one attached hydrogen (secondary N) is 2. The van der Waals surface area contributed by atoms with Crippen LogP contribution in [0.5, 0.6) is 0 Å². The lowest BCUT2D eigenvalue weighted by Gasteiger charge is -2.02. The fraction of sp³-hybridized carbons (Fsp3) is 0.0833. The molecule has 7 heteroatoms. The molecule has 0 aliphatic heterocycles. The Kier molecular flexibility index (Phi) is 2.53. The number of anilines is 1. The van der Waals surface area contributed by atoms with Crippen molar-refractivity contribution in [1.29, 1.82) is 0 Å². The number of nitrogens with two attached hydrogens (primary N) is 1. The van der Waals surface area contributed by atoms with Gasteiger partial charge < -0.3 is 10.7 Å². The zero-order valence-electron chi connectivity index (χ0n) is 9.99. The van der Waals surface area contributed by atoms with Crippen LogP contribution in [-0.2, 0) is 0 Å². The van der Waals surface area contributed by atoms with Crippen molar-refractivity contribution in [2.75, 3.05) is 5.73 Å². The molecule has 0 saturated carbocycles. The van der Waals surface area contributed by atoms with Crippen molar-refractivity contribution >= 4 is 28.7 Å². The van der Waals surface area contributed by atoms with Crippen molar-refractivity contribution in [3.8, 4) is 11.4 Å². The highest BCUT2D eigenvalue weighted by Gasteiger charge is 2.12. The lowest BCUT2D eigenvalue weighted by Crippen LogP contribution is -2.10. The molecule has 3 aromatic rings. The Morgan fingerprint density at radius 3 is 2.84 bits per heavy atom. The van der Waals surface area contributed by atoms with Crippen LogP contribution in [-0.4, -0.2) is 19.9 Å². The summed E-state index contributed by atoms with van der Waals surface area (Å²) in [6, 6.07) is 5.47. The standard InChI is InChI=1S/C12H10ClN5O/c1-5-2-3-6(13)4-7(5)9-15-8-10(16-9)17-12(14)18-11(8)19/h2-4H,1H3,(H4,14,15,16,17,18,19). The van der Waals surface area contributed by atoms with Gasteiger partial charge in [0.2, 0.25) is 5.95 Å². The van der Waals surface area contributed by atoms with Gasteiger partial charge in [-0.2, -0.15) is 4.98 Å². The van der Waals surface area contributed by atoms with E-state index < -0.39 is 0 Å². The molecule has 1 aromatic carbocycles. The molecule has 3 rings (SSSR count). The number of H-pyrrole nitrogens is 2. The van der Waals surface area contributed by atoms with Crippen LogP contribution in [0.1, 0.15) is 5.56 Å². The summed E-state index contributed by atoms with van der Waals surface area (Å²) in [6.07, 6.45) is 0. The van der Waals surface area contributed by atoms with Gasteiger partial charge in [0.25, 0.3) is 5.56 Å². The minimum Gasteiger partial charge on any atom is -0.369 e. The van der Waals surface area contributed by atoms with Crippen molar-refractivity contribution in [1.82, 2.24) is 19.9 Å². The second kappa shape index (κ2) is 4.10. The van der Waals surface area contributed by atoms with Gasteiger partial charge in [0, 0.05) is 10.6 Å². The van der Waals surface area contributed by atoms with Crippen molar-refractivity contribution in [3.63, 3.8) is 0 Å². The summed E-state index contributed by atoms with van der Waals surface area (Å²) >= 11 is 5.98. The minimum atomic E-state index is -0.346. The van der Waals surface area contributed by atoms with Crippen molar-refractivity contribution in [2.45, 2.75) is 6.92 Å². The van der Waals surface area contributed by atoms with E-state index in [9.17, 15) is 4.79 Å². The Bertz CT molecular complexity index is 836. The molecule has 0 aliphatic rings. The smallest absolute Gasteiger partial charge is 0.278 e. The molecule has 0 fully saturated rings. The van der Waals surface area contributed by atoms with Gasteiger partial charge in [0.05, 0.1) is 0 Å². The maximum absolute atomic E-state index is 11.7. The van der Waals surface area contributed by atoms with E-state index in [-0.39, 0.29) is 17.2 Å². The molecule has 0 radical (unpaired) electrons. The molecule has 6 nitrogen and oxygen atoms in total. The number of halogens is 1. The molecule has 0 unspecified atom stereocenters. The first kappa shape index (κ1) is 11.7. The average Bonchev–Trinajstić information content (AvgIpc) is 2.76. The SMILES string of the molecule is Cc1ccc(Cl)cc1-c1nc2nc(N)[nH]c(=O)c2[nH]1. The molecule has 0 aliphatic carbocycles. The highest BCUT2D eigenvalue weighted by atomic mass is 35.5. The number of rotatable bonds is 1. The van der Waals surface area contributed by atoms with Crippen LogP contribution in [0.4, 0.5) is 5.95 Å². The predicted molar refractivity (Wildman–Crippen MR) is 74.1 cm³/mol. The van der Waals surface area contributed by atoms with Gasteiger partial charge in [-0.3, -0.25) is 9.78 Å². The minimum absolute atomic E-state index is 0.0402. The number of aromatic nitrogens is 4. The first-order chi connectivity index (χ1) is 9.04. The molecule has 0 bridgehead atoms. The Balaban J connectivity index is 2.29. The summed E-state index contributed by atoms with van der Waals surface area (Å²) in [4.78, 5) is 25.3. The number of fused-ring (bicyclic) bond motifs is 1. The Hall–Kier alpha value is -2.34. The van der Waals surface area contributed by atoms with Gasteiger partial charge >= 0.3 is 0 Å². The predicted octanol–water partition coefficient (Wildman–Crippen LogP) is 1.86. The highest BCUT2D eigenvalue weighted by molar-refractivity contribution is 6.30. The van der Waals surface area contributed by atoms with E-state index in [0.717, 1.165) is 11.1 Å². The van der Waals surface area contributed by atoms with E-state index in [1.807, 2.05) is 13.0 Å². The van der Waals surface area contributed by atoms with Crippen molar-refractivity contribution < 1.29 is 0 Å². The number of aryl methyl sites for hydroxylation is 1. The third-order valence-electron chi connectivity index (χ3n) is 2.83. The van der Waals surface area contributed by atoms with Gasteiger partial charge in [0.15, 0.2) is 11.2 Å². The number of nitrogens with zero attached hydrogens (tertiary/aromatic N) is 2. The van der Waals surface area contributed by atoms with Gasteiger partial charge in [0.1, 0.15) is 5.82 Å². The van der Waals surface area contributed by atoms with E-state index in [1.165, 1.54) is 0 Å². The summed E-state index contributed by atoms with van der Waals surface area (Å²) in [5.41, 5.74) is 7.54. The molecular weight excluding hydrogens is 266 g/mol. The molecule has 0 saturated heterocycles. The number of nitrogen functional groups attached to an aromatic ring is 1. The van der Waals surface area contributed by atoms with Gasteiger partial charge in [-0.05, 0) is 24.6 Å².